The van der Waals surface area contributed by atoms with Crippen molar-refractivity contribution in [3.63, 3.8) is 0 Å². The average molecular weight is 601 g/mol. The number of benzene rings is 3. The van der Waals surface area contributed by atoms with Crippen molar-refractivity contribution in [1.29, 1.82) is 10.5 Å². The average Bonchev–Trinajstić information content (AvgIpc) is 2.99. The van der Waals surface area contributed by atoms with Gasteiger partial charge in [-0.15, -0.1) is 0 Å². The number of halogens is 3. The molecule has 0 aliphatic heterocycles. The lowest BCUT2D eigenvalue weighted by atomic mass is 10.0. The number of esters is 2. The van der Waals surface area contributed by atoms with Gasteiger partial charge < -0.3 is 9.47 Å². The SMILES string of the molecule is CC/C(CC#N)=C(F)\C=C(/C)c1ccc(OC(=O)CCCCCC(=O)Oc2ccc(-c3ccc(C#N)c(F)c3)cc2)cc1F. The number of allylic oxidation sites excluding steroid dienone is 4. The minimum absolute atomic E-state index is 0.0257. The van der Waals surface area contributed by atoms with Crippen LogP contribution in [0.3, 0.4) is 0 Å². The molecule has 0 aromatic heterocycles. The number of hydrogen-bond acceptors (Lipinski definition) is 6. The molecule has 0 spiro atoms. The summed E-state index contributed by atoms with van der Waals surface area (Å²) in [6.45, 7) is 3.29. The largest absolute Gasteiger partial charge is 0.427 e. The van der Waals surface area contributed by atoms with Crippen LogP contribution in [-0.4, -0.2) is 11.9 Å². The second kappa shape index (κ2) is 16.5. The van der Waals surface area contributed by atoms with Crippen LogP contribution in [0.5, 0.6) is 11.5 Å². The van der Waals surface area contributed by atoms with Gasteiger partial charge in [0.05, 0.1) is 18.1 Å². The van der Waals surface area contributed by atoms with Crippen molar-refractivity contribution in [2.24, 2.45) is 0 Å². The molecular formula is C35H31F3N2O4. The van der Waals surface area contributed by atoms with Crippen LogP contribution in [0.1, 0.15) is 69.9 Å². The van der Waals surface area contributed by atoms with Crippen LogP contribution in [-0.2, 0) is 9.59 Å². The maximum Gasteiger partial charge on any atom is 0.311 e. The topological polar surface area (TPSA) is 100 Å². The molecule has 0 aliphatic carbocycles. The molecule has 226 valence electrons. The molecule has 3 aromatic carbocycles. The van der Waals surface area contributed by atoms with E-state index in [1.54, 1.807) is 50.2 Å². The van der Waals surface area contributed by atoms with Crippen molar-refractivity contribution < 1.29 is 32.2 Å². The highest BCUT2D eigenvalue weighted by molar-refractivity contribution is 5.74. The van der Waals surface area contributed by atoms with E-state index in [1.165, 1.54) is 30.3 Å². The van der Waals surface area contributed by atoms with Gasteiger partial charge in [0.15, 0.2) is 0 Å². The summed E-state index contributed by atoms with van der Waals surface area (Å²) in [5, 5.41) is 17.7. The van der Waals surface area contributed by atoms with Crippen LogP contribution in [0.15, 0.2) is 78.1 Å². The summed E-state index contributed by atoms with van der Waals surface area (Å²) in [7, 11) is 0. The first-order valence-electron chi connectivity index (χ1n) is 14.1. The van der Waals surface area contributed by atoms with Crippen molar-refractivity contribution in [3.8, 4) is 34.8 Å². The van der Waals surface area contributed by atoms with E-state index in [9.17, 15) is 22.8 Å². The standard InChI is InChI=1S/C35H31F3N2O4/c1-3-24(17-18-39)31(36)19-23(2)30-16-15-29(21-33(30)38)44-35(42)8-6-4-5-7-34(41)43-28-13-11-25(12-14-28)26-9-10-27(22-40)32(37)20-26/h9-16,19-21H,3-8,17H2,1-2H3/b23-19+,31-24-. The molecule has 0 radical (unpaired) electrons. The first kappa shape index (κ1) is 33.4. The Morgan fingerprint density at radius 3 is 2.00 bits per heavy atom. The Labute approximate surface area is 254 Å². The molecule has 0 heterocycles. The van der Waals surface area contributed by atoms with E-state index in [4.69, 9.17) is 20.0 Å². The zero-order valence-electron chi connectivity index (χ0n) is 24.5. The van der Waals surface area contributed by atoms with Gasteiger partial charge in [0.25, 0.3) is 0 Å². The minimum atomic E-state index is -0.675. The highest BCUT2D eigenvalue weighted by atomic mass is 19.1. The first-order chi connectivity index (χ1) is 21.1. The predicted octanol–water partition coefficient (Wildman–Crippen LogP) is 8.92. The second-order valence-electron chi connectivity index (χ2n) is 9.95. The quantitative estimate of drug-likeness (QED) is 0.0840. The molecule has 0 amide bonds. The fourth-order valence-corrected chi connectivity index (χ4v) is 4.30. The normalized spacial score (nSPS) is 11.7. The van der Waals surface area contributed by atoms with Crippen LogP contribution in [0, 0.1) is 34.3 Å². The lowest BCUT2D eigenvalue weighted by molar-refractivity contribution is -0.134. The van der Waals surface area contributed by atoms with Gasteiger partial charge in [-0.1, -0.05) is 31.5 Å². The number of unbranched alkanes of at least 4 members (excludes halogenated alkanes) is 2. The Kier molecular flexibility index (Phi) is 12.5. The van der Waals surface area contributed by atoms with Crippen molar-refractivity contribution >= 4 is 17.5 Å². The Morgan fingerprint density at radius 1 is 0.818 bits per heavy atom. The van der Waals surface area contributed by atoms with Crippen LogP contribution in [0.4, 0.5) is 13.2 Å². The molecular weight excluding hydrogens is 569 g/mol. The molecule has 0 unspecified atom stereocenters. The van der Waals surface area contributed by atoms with E-state index in [0.29, 0.717) is 53.7 Å². The summed E-state index contributed by atoms with van der Waals surface area (Å²) in [6, 6.07) is 18.5. The number of nitriles is 2. The van der Waals surface area contributed by atoms with Gasteiger partial charge in [-0.2, -0.15) is 10.5 Å². The van der Waals surface area contributed by atoms with E-state index < -0.39 is 29.4 Å². The van der Waals surface area contributed by atoms with E-state index in [2.05, 4.69) is 0 Å². The summed E-state index contributed by atoms with van der Waals surface area (Å²) >= 11 is 0. The summed E-state index contributed by atoms with van der Waals surface area (Å²) in [5.41, 5.74) is 2.07. The Balaban J connectivity index is 1.40. The summed E-state index contributed by atoms with van der Waals surface area (Å²) in [5.74, 6) is -2.47. The molecule has 0 bridgehead atoms. The fourth-order valence-electron chi connectivity index (χ4n) is 4.30. The van der Waals surface area contributed by atoms with Crippen LogP contribution >= 0.6 is 0 Å². The maximum atomic E-state index is 14.7. The number of hydrogen-bond donors (Lipinski definition) is 0. The lowest BCUT2D eigenvalue weighted by Gasteiger charge is -2.09. The zero-order chi connectivity index (χ0) is 32.1. The number of carbonyl (C=O) groups excluding carboxylic acids is 2. The highest BCUT2D eigenvalue weighted by Crippen LogP contribution is 2.27. The molecule has 44 heavy (non-hydrogen) atoms. The Hall–Kier alpha value is -5.15. The Morgan fingerprint density at radius 2 is 1.43 bits per heavy atom. The van der Waals surface area contributed by atoms with E-state index >= 15 is 0 Å². The lowest BCUT2D eigenvalue weighted by Crippen LogP contribution is -2.09. The third kappa shape index (κ3) is 9.71. The fraction of sp³-hybridized carbons (Fsp3) is 0.257. The van der Waals surface area contributed by atoms with Gasteiger partial charge >= 0.3 is 11.9 Å². The number of nitrogens with zero attached hydrogens (tertiary/aromatic N) is 2. The van der Waals surface area contributed by atoms with E-state index in [1.807, 2.05) is 6.07 Å². The number of rotatable bonds is 13. The van der Waals surface area contributed by atoms with Crippen molar-refractivity contribution in [1.82, 2.24) is 0 Å². The van der Waals surface area contributed by atoms with Crippen molar-refractivity contribution in [2.75, 3.05) is 0 Å². The molecule has 0 atom stereocenters. The van der Waals surface area contributed by atoms with Gasteiger partial charge in [0.1, 0.15) is 35.0 Å². The molecule has 9 heteroatoms. The van der Waals surface area contributed by atoms with Crippen molar-refractivity contribution in [2.45, 2.75) is 58.8 Å². The second-order valence-corrected chi connectivity index (χ2v) is 9.95. The first-order valence-corrected chi connectivity index (χ1v) is 14.1. The summed E-state index contributed by atoms with van der Waals surface area (Å²) in [4.78, 5) is 24.4. The molecule has 0 N–H and O–H groups in total. The van der Waals surface area contributed by atoms with Gasteiger partial charge in [-0.25, -0.2) is 13.2 Å². The van der Waals surface area contributed by atoms with Crippen LogP contribution in [0.25, 0.3) is 16.7 Å². The van der Waals surface area contributed by atoms with Crippen molar-refractivity contribution in [3.05, 3.63) is 101 Å². The van der Waals surface area contributed by atoms with Gasteiger partial charge in [0, 0.05) is 24.5 Å². The molecule has 0 saturated heterocycles. The predicted molar refractivity (Wildman–Crippen MR) is 160 cm³/mol. The summed E-state index contributed by atoms with van der Waals surface area (Å²) in [6.07, 6.45) is 3.24. The Bertz CT molecular complexity index is 1650. The van der Waals surface area contributed by atoms with Gasteiger partial charge in [-0.3, -0.25) is 9.59 Å². The van der Waals surface area contributed by atoms with E-state index in [0.717, 1.165) is 6.07 Å². The number of carbonyl (C=O) groups is 2. The zero-order valence-corrected chi connectivity index (χ0v) is 24.5. The maximum absolute atomic E-state index is 14.7. The van der Waals surface area contributed by atoms with Crippen LogP contribution < -0.4 is 9.47 Å². The third-order valence-electron chi connectivity index (χ3n) is 6.77. The molecule has 0 aliphatic rings. The van der Waals surface area contributed by atoms with Gasteiger partial charge in [0.2, 0.25) is 0 Å². The summed E-state index contributed by atoms with van der Waals surface area (Å²) < 4.78 is 53.5. The molecule has 0 fully saturated rings. The van der Waals surface area contributed by atoms with Gasteiger partial charge in [-0.05, 0) is 90.9 Å². The highest BCUT2D eigenvalue weighted by Gasteiger charge is 2.12. The minimum Gasteiger partial charge on any atom is -0.427 e. The van der Waals surface area contributed by atoms with E-state index in [-0.39, 0.29) is 36.1 Å². The molecule has 0 saturated carbocycles. The van der Waals surface area contributed by atoms with Crippen LogP contribution in [0.2, 0.25) is 0 Å². The molecule has 3 aromatic rings. The molecule has 3 rings (SSSR count). The monoisotopic (exact) mass is 600 g/mol. The number of ether oxygens (including phenoxy) is 2. The molecule has 6 nitrogen and oxygen atoms in total. The third-order valence-corrected chi connectivity index (χ3v) is 6.77. The smallest absolute Gasteiger partial charge is 0.311 e.